The van der Waals surface area contributed by atoms with Gasteiger partial charge in [-0.3, -0.25) is 4.90 Å². The Kier molecular flexibility index (Phi) is 5.38. The first-order valence-electron chi connectivity index (χ1n) is 7.45. The summed E-state index contributed by atoms with van der Waals surface area (Å²) in [6.07, 6.45) is 3.52. The van der Waals surface area contributed by atoms with Crippen LogP contribution in [0.4, 0.5) is 8.78 Å². The standard InChI is InChI=1S/C16H23BrF2N2/c1-16(2,21-9-5-4-6-10-21)15(20-3)13-12(18)8-7-11(17)14(13)19/h7-8,15,20H,4-6,9-10H2,1-3H3. The number of piperidine rings is 1. The molecule has 0 radical (unpaired) electrons. The fraction of sp³-hybridized carbons (Fsp3) is 0.625. The van der Waals surface area contributed by atoms with Crippen LogP contribution < -0.4 is 5.32 Å². The first-order chi connectivity index (χ1) is 9.89. The Morgan fingerprint density at radius 2 is 1.81 bits per heavy atom. The molecule has 118 valence electrons. The molecule has 0 aliphatic carbocycles. The number of rotatable bonds is 4. The summed E-state index contributed by atoms with van der Waals surface area (Å²) in [6, 6.07) is 2.32. The summed E-state index contributed by atoms with van der Waals surface area (Å²) >= 11 is 3.16. The molecule has 1 aliphatic rings. The van der Waals surface area contributed by atoms with Crippen molar-refractivity contribution in [1.82, 2.24) is 10.2 Å². The van der Waals surface area contributed by atoms with Crippen LogP contribution in [0, 0.1) is 11.6 Å². The van der Waals surface area contributed by atoms with Crippen LogP contribution in [0.3, 0.4) is 0 Å². The molecular weight excluding hydrogens is 338 g/mol. The van der Waals surface area contributed by atoms with Gasteiger partial charge in [0.1, 0.15) is 11.6 Å². The summed E-state index contributed by atoms with van der Waals surface area (Å²) in [5.74, 6) is -1.01. The highest BCUT2D eigenvalue weighted by Gasteiger charge is 2.39. The molecule has 1 N–H and O–H groups in total. The van der Waals surface area contributed by atoms with E-state index in [4.69, 9.17) is 0 Å². The van der Waals surface area contributed by atoms with Gasteiger partial charge in [-0.15, -0.1) is 0 Å². The summed E-state index contributed by atoms with van der Waals surface area (Å²) in [6.45, 7) is 6.06. The average Bonchev–Trinajstić information content (AvgIpc) is 2.48. The van der Waals surface area contributed by atoms with Crippen LogP contribution in [0.25, 0.3) is 0 Å². The minimum atomic E-state index is -0.514. The molecule has 1 unspecified atom stereocenters. The SMILES string of the molecule is CNC(c1c(F)ccc(Br)c1F)C(C)(C)N1CCCCC1. The first-order valence-corrected chi connectivity index (χ1v) is 8.24. The van der Waals surface area contributed by atoms with Crippen LogP contribution in [-0.2, 0) is 0 Å². The molecule has 2 nitrogen and oxygen atoms in total. The maximum atomic E-state index is 14.5. The fourth-order valence-electron chi connectivity index (χ4n) is 3.31. The Balaban J connectivity index is 2.41. The summed E-state index contributed by atoms with van der Waals surface area (Å²) < 4.78 is 29.0. The monoisotopic (exact) mass is 360 g/mol. The van der Waals surface area contributed by atoms with Gasteiger partial charge in [-0.1, -0.05) is 6.42 Å². The number of nitrogens with zero attached hydrogens (tertiary/aromatic N) is 1. The lowest BCUT2D eigenvalue weighted by molar-refractivity contribution is 0.0608. The largest absolute Gasteiger partial charge is 0.311 e. The Hall–Kier alpha value is -0.520. The number of halogens is 3. The zero-order chi connectivity index (χ0) is 15.6. The molecule has 1 atom stereocenters. The number of hydrogen-bond donors (Lipinski definition) is 1. The van der Waals surface area contributed by atoms with Crippen molar-refractivity contribution in [1.29, 1.82) is 0 Å². The molecule has 1 fully saturated rings. The lowest BCUT2D eigenvalue weighted by Crippen LogP contribution is -2.54. The number of likely N-dealkylation sites (N-methyl/N-ethyl adjacent to an activating group) is 1. The van der Waals surface area contributed by atoms with Crippen LogP contribution in [-0.4, -0.2) is 30.6 Å². The lowest BCUT2D eigenvalue weighted by atomic mass is 9.85. The molecule has 0 amide bonds. The second-order valence-electron chi connectivity index (χ2n) is 6.18. The van der Waals surface area contributed by atoms with Gasteiger partial charge >= 0.3 is 0 Å². The van der Waals surface area contributed by atoms with E-state index in [0.717, 1.165) is 25.9 Å². The zero-order valence-electron chi connectivity index (χ0n) is 12.8. The van der Waals surface area contributed by atoms with Gasteiger partial charge in [0.25, 0.3) is 0 Å². The predicted octanol–water partition coefficient (Wildman–Crippen LogP) is 4.25. The summed E-state index contributed by atoms with van der Waals surface area (Å²) in [5.41, 5.74) is -0.250. The molecule has 21 heavy (non-hydrogen) atoms. The van der Waals surface area contributed by atoms with E-state index < -0.39 is 17.7 Å². The summed E-state index contributed by atoms with van der Waals surface area (Å²) in [5, 5.41) is 3.12. The van der Waals surface area contributed by atoms with E-state index in [9.17, 15) is 8.78 Å². The van der Waals surface area contributed by atoms with Gasteiger partial charge in [-0.25, -0.2) is 8.78 Å². The van der Waals surface area contributed by atoms with Crippen LogP contribution in [0.1, 0.15) is 44.7 Å². The molecule has 0 bridgehead atoms. The van der Waals surface area contributed by atoms with Crippen molar-refractivity contribution in [3.8, 4) is 0 Å². The van der Waals surface area contributed by atoms with Crippen molar-refractivity contribution >= 4 is 15.9 Å². The highest BCUT2D eigenvalue weighted by molar-refractivity contribution is 9.10. The quantitative estimate of drug-likeness (QED) is 0.807. The van der Waals surface area contributed by atoms with Gasteiger partial charge < -0.3 is 5.32 Å². The second-order valence-corrected chi connectivity index (χ2v) is 7.03. The molecule has 1 aromatic rings. The fourth-order valence-corrected chi connectivity index (χ4v) is 3.66. The molecular formula is C16H23BrF2N2. The van der Waals surface area contributed by atoms with Gasteiger partial charge in [0, 0.05) is 11.1 Å². The molecule has 1 heterocycles. The molecule has 0 spiro atoms. The van der Waals surface area contributed by atoms with Crippen molar-refractivity contribution in [2.75, 3.05) is 20.1 Å². The minimum Gasteiger partial charge on any atom is -0.311 e. The van der Waals surface area contributed by atoms with Crippen LogP contribution in [0.2, 0.25) is 0 Å². The van der Waals surface area contributed by atoms with E-state index in [1.54, 1.807) is 7.05 Å². The van der Waals surface area contributed by atoms with Gasteiger partial charge in [0.15, 0.2) is 0 Å². The maximum absolute atomic E-state index is 14.5. The molecule has 5 heteroatoms. The summed E-state index contributed by atoms with van der Waals surface area (Å²) in [7, 11) is 1.76. The number of benzene rings is 1. The molecule has 0 aromatic heterocycles. The van der Waals surface area contributed by atoms with Crippen LogP contribution in [0.15, 0.2) is 16.6 Å². The van der Waals surface area contributed by atoms with Gasteiger partial charge in [0.2, 0.25) is 0 Å². The van der Waals surface area contributed by atoms with Gasteiger partial charge in [-0.2, -0.15) is 0 Å². The predicted molar refractivity (Wildman–Crippen MR) is 85.4 cm³/mol. The Morgan fingerprint density at radius 1 is 1.19 bits per heavy atom. The number of nitrogens with one attached hydrogen (secondary N) is 1. The van der Waals surface area contributed by atoms with E-state index in [2.05, 4.69) is 40.0 Å². The van der Waals surface area contributed by atoms with E-state index in [1.807, 2.05) is 0 Å². The highest BCUT2D eigenvalue weighted by atomic mass is 79.9. The van der Waals surface area contributed by atoms with Crippen LogP contribution >= 0.6 is 15.9 Å². The van der Waals surface area contributed by atoms with E-state index in [1.165, 1.54) is 18.6 Å². The van der Waals surface area contributed by atoms with Crippen molar-refractivity contribution in [2.24, 2.45) is 0 Å². The third kappa shape index (κ3) is 3.30. The Labute approximate surface area is 134 Å². The summed E-state index contributed by atoms with van der Waals surface area (Å²) in [4.78, 5) is 2.33. The lowest BCUT2D eigenvalue weighted by Gasteiger charge is -2.46. The normalized spacial score (nSPS) is 18.8. The molecule has 1 aromatic carbocycles. The number of likely N-dealkylation sites (tertiary alicyclic amines) is 1. The van der Waals surface area contributed by atoms with Gasteiger partial charge in [-0.05, 0) is 74.9 Å². The molecule has 1 aliphatic heterocycles. The van der Waals surface area contributed by atoms with Crippen molar-refractivity contribution in [3.63, 3.8) is 0 Å². The van der Waals surface area contributed by atoms with E-state index >= 15 is 0 Å². The average molecular weight is 361 g/mol. The van der Waals surface area contributed by atoms with Crippen molar-refractivity contribution < 1.29 is 8.78 Å². The van der Waals surface area contributed by atoms with E-state index in [-0.39, 0.29) is 11.1 Å². The molecule has 1 saturated heterocycles. The Morgan fingerprint density at radius 3 is 2.38 bits per heavy atom. The Bertz CT molecular complexity index is 499. The molecule has 2 rings (SSSR count). The van der Waals surface area contributed by atoms with Crippen LogP contribution in [0.5, 0.6) is 0 Å². The number of hydrogen-bond acceptors (Lipinski definition) is 2. The first kappa shape index (κ1) is 16.8. The molecule has 0 saturated carbocycles. The van der Waals surface area contributed by atoms with Gasteiger partial charge in [0.05, 0.1) is 10.5 Å². The topological polar surface area (TPSA) is 15.3 Å². The van der Waals surface area contributed by atoms with E-state index in [0.29, 0.717) is 4.47 Å². The zero-order valence-corrected chi connectivity index (χ0v) is 14.4. The third-order valence-electron chi connectivity index (χ3n) is 4.53. The highest BCUT2D eigenvalue weighted by Crippen LogP contribution is 2.37. The van der Waals surface area contributed by atoms with Crippen molar-refractivity contribution in [3.05, 3.63) is 33.8 Å². The maximum Gasteiger partial charge on any atom is 0.145 e. The minimum absolute atomic E-state index is 0.113. The van der Waals surface area contributed by atoms with Crippen molar-refractivity contribution in [2.45, 2.75) is 44.7 Å². The second kappa shape index (κ2) is 6.71. The smallest absolute Gasteiger partial charge is 0.145 e. The third-order valence-corrected chi connectivity index (χ3v) is 5.15.